The predicted molar refractivity (Wildman–Crippen MR) is 110 cm³/mol. The van der Waals surface area contributed by atoms with Crippen LogP contribution in [-0.2, 0) is 14.3 Å². The Hall–Kier alpha value is -1.75. The molecule has 1 amide bonds. The molecule has 2 aromatic rings. The molecule has 1 atom stereocenters. The summed E-state index contributed by atoms with van der Waals surface area (Å²) in [6, 6.07) is 14.9. The van der Waals surface area contributed by atoms with Gasteiger partial charge in [0.25, 0.3) is 5.91 Å². The van der Waals surface area contributed by atoms with Gasteiger partial charge in [0.05, 0.1) is 5.69 Å². The highest BCUT2D eigenvalue weighted by Crippen LogP contribution is 2.40. The first-order valence-corrected chi connectivity index (χ1v) is 11.9. The van der Waals surface area contributed by atoms with Crippen LogP contribution >= 0.6 is 8.44 Å². The first kappa shape index (κ1) is 19.0. The number of anilines is 1. The van der Waals surface area contributed by atoms with E-state index in [1.807, 2.05) is 62.6 Å². The van der Waals surface area contributed by atoms with Gasteiger partial charge in [-0.15, -0.1) is 0 Å². The van der Waals surface area contributed by atoms with E-state index in [9.17, 15) is 9.00 Å². The molecule has 7 heteroatoms. The van der Waals surface area contributed by atoms with Gasteiger partial charge < -0.3 is 14.5 Å². The van der Waals surface area contributed by atoms with Crippen LogP contribution in [0.3, 0.4) is 0 Å². The zero-order valence-corrected chi connectivity index (χ0v) is 17.1. The quantitative estimate of drug-likeness (QED) is 0.607. The third-order valence-electron chi connectivity index (χ3n) is 4.40. The van der Waals surface area contributed by atoms with E-state index in [0.29, 0.717) is 17.2 Å². The van der Waals surface area contributed by atoms with Crippen LogP contribution in [0.5, 0.6) is 5.75 Å². The van der Waals surface area contributed by atoms with Crippen molar-refractivity contribution in [3.05, 3.63) is 48.5 Å². The maximum atomic E-state index is 13.3. The smallest absolute Gasteiger partial charge is 0.265 e. The molecule has 0 saturated heterocycles. The number of carbonyl (C=O) groups excluding carboxylic acids is 1. The zero-order valence-electron chi connectivity index (χ0n) is 15.1. The van der Waals surface area contributed by atoms with E-state index in [0.717, 1.165) is 23.5 Å². The Kier molecular flexibility index (Phi) is 5.76. The highest BCUT2D eigenvalue weighted by Gasteiger charge is 2.27. The molecule has 1 unspecified atom stereocenters. The average molecular weight is 392 g/mol. The minimum Gasteiger partial charge on any atom is -0.482 e. The average Bonchev–Trinajstić information content (AvgIpc) is 2.63. The first-order valence-electron chi connectivity index (χ1n) is 8.56. The van der Waals surface area contributed by atoms with Crippen molar-refractivity contribution in [2.75, 3.05) is 38.7 Å². The number of nitrogens with zero attached hydrogens (tertiary/aromatic N) is 2. The number of carbonyl (C=O) groups is 1. The number of ether oxygens (including phenoxy) is 1. The van der Waals surface area contributed by atoms with Gasteiger partial charge >= 0.3 is 0 Å². The summed E-state index contributed by atoms with van der Waals surface area (Å²) in [7, 11) is 3.75. The van der Waals surface area contributed by atoms with Gasteiger partial charge in [-0.1, -0.05) is 26.6 Å². The van der Waals surface area contributed by atoms with Crippen molar-refractivity contribution in [1.29, 1.82) is 0 Å². The number of rotatable bonds is 6. The first-order chi connectivity index (χ1) is 12.4. The van der Waals surface area contributed by atoms with Crippen molar-refractivity contribution in [2.24, 2.45) is 0 Å². The Morgan fingerprint density at radius 1 is 1.15 bits per heavy atom. The highest BCUT2D eigenvalue weighted by atomic mass is 32.8. The van der Waals surface area contributed by atoms with Crippen LogP contribution in [0.2, 0.25) is 0 Å². The third kappa shape index (κ3) is 3.98. The summed E-state index contributed by atoms with van der Waals surface area (Å²) in [6.45, 7) is 1.57. The van der Waals surface area contributed by atoms with Crippen molar-refractivity contribution in [3.8, 4) is 5.75 Å². The van der Waals surface area contributed by atoms with Crippen LogP contribution in [0.4, 0.5) is 5.69 Å². The van der Waals surface area contributed by atoms with Gasteiger partial charge in [0, 0.05) is 16.3 Å². The van der Waals surface area contributed by atoms with Gasteiger partial charge in [-0.05, 0) is 66.9 Å². The summed E-state index contributed by atoms with van der Waals surface area (Å²) in [4.78, 5) is 17.6. The molecule has 26 heavy (non-hydrogen) atoms. The van der Waals surface area contributed by atoms with Crippen LogP contribution in [0, 0.1) is 0 Å². The monoisotopic (exact) mass is 392 g/mol. The molecular formula is C19H25N2O3PS. The second kappa shape index (κ2) is 7.87. The molecule has 0 aromatic heterocycles. The standard InChI is InChI=1S/C19H25N2O3PS/c1-20(2)11-6-12-21-17-10-9-16(13-18(17)24-14-19(21)22)26(23,25)15-7-4-3-5-8-15/h3-5,7-10,13,26H,6,11-12,14,25H2,1-2H3. The van der Waals surface area contributed by atoms with Crippen molar-refractivity contribution >= 4 is 29.6 Å². The lowest BCUT2D eigenvalue weighted by Gasteiger charge is -2.31. The highest BCUT2D eigenvalue weighted by molar-refractivity contribution is 8.45. The summed E-state index contributed by atoms with van der Waals surface area (Å²) in [6.07, 6.45) is 0.881. The largest absolute Gasteiger partial charge is 0.482 e. The Labute approximate surface area is 157 Å². The number of amides is 1. The molecule has 1 heterocycles. The van der Waals surface area contributed by atoms with Crippen LogP contribution in [0.15, 0.2) is 58.3 Å². The van der Waals surface area contributed by atoms with E-state index in [1.165, 1.54) is 0 Å². The summed E-state index contributed by atoms with van der Waals surface area (Å²) >= 11 is 0. The van der Waals surface area contributed by atoms with E-state index in [4.69, 9.17) is 4.74 Å². The molecular weight excluding hydrogens is 367 g/mol. The van der Waals surface area contributed by atoms with Crippen molar-refractivity contribution < 1.29 is 13.7 Å². The van der Waals surface area contributed by atoms with E-state index in [-0.39, 0.29) is 12.5 Å². The fourth-order valence-corrected chi connectivity index (χ4v) is 5.50. The van der Waals surface area contributed by atoms with Crippen LogP contribution < -0.4 is 9.64 Å². The van der Waals surface area contributed by atoms with Gasteiger partial charge in [-0.2, -0.15) is 0 Å². The number of fused-ring (bicyclic) bond motifs is 1. The maximum Gasteiger partial charge on any atom is 0.265 e. The summed E-state index contributed by atoms with van der Waals surface area (Å²) < 4.78 is 19.0. The molecule has 0 radical (unpaired) electrons. The van der Waals surface area contributed by atoms with Gasteiger partial charge in [-0.25, -0.2) is 0 Å². The summed E-state index contributed by atoms with van der Waals surface area (Å²) in [5.41, 5.74) is 0.752. The van der Waals surface area contributed by atoms with Crippen molar-refractivity contribution in [2.45, 2.75) is 16.2 Å². The Balaban J connectivity index is 1.88. The van der Waals surface area contributed by atoms with Gasteiger partial charge in [0.2, 0.25) is 0 Å². The molecule has 2 aromatic carbocycles. The normalized spacial score (nSPS) is 14.9. The zero-order chi connectivity index (χ0) is 18.7. The topological polar surface area (TPSA) is 49.9 Å². The molecule has 0 spiro atoms. The number of hydrogen-bond donors (Lipinski definition) is 1. The minimum atomic E-state index is -2.79. The Morgan fingerprint density at radius 3 is 2.58 bits per heavy atom. The van der Waals surface area contributed by atoms with E-state index < -0.39 is 9.55 Å². The fraction of sp³-hybridized carbons (Fsp3) is 0.316. The van der Waals surface area contributed by atoms with Crippen LogP contribution in [0.25, 0.3) is 0 Å². The van der Waals surface area contributed by atoms with Crippen LogP contribution in [-0.4, -0.2) is 48.8 Å². The maximum absolute atomic E-state index is 13.3. The van der Waals surface area contributed by atoms with Gasteiger partial charge in [0.1, 0.15) is 5.75 Å². The van der Waals surface area contributed by atoms with Gasteiger partial charge in [-0.3, -0.25) is 9.00 Å². The lowest BCUT2D eigenvalue weighted by molar-refractivity contribution is -0.121. The lowest BCUT2D eigenvalue weighted by Crippen LogP contribution is -2.40. The molecule has 1 aliphatic heterocycles. The second-order valence-corrected chi connectivity index (χ2v) is 11.2. The third-order valence-corrected chi connectivity index (χ3v) is 8.30. The van der Waals surface area contributed by atoms with E-state index >= 15 is 0 Å². The molecule has 5 nitrogen and oxygen atoms in total. The molecule has 0 saturated carbocycles. The molecule has 140 valence electrons. The Morgan fingerprint density at radius 2 is 1.88 bits per heavy atom. The summed E-state index contributed by atoms with van der Waals surface area (Å²) in [5.74, 6) is 0.576. The Bertz CT molecular complexity index is 842. The van der Waals surface area contributed by atoms with Crippen molar-refractivity contribution in [3.63, 3.8) is 0 Å². The van der Waals surface area contributed by atoms with Crippen LogP contribution in [0.1, 0.15) is 6.42 Å². The van der Waals surface area contributed by atoms with E-state index in [2.05, 4.69) is 13.3 Å². The lowest BCUT2D eigenvalue weighted by atomic mass is 10.2. The SMILES string of the molecule is CN(C)CCCN1C(=O)COc2cc([SH](=O)(P)c3ccccc3)ccc21. The second-order valence-electron chi connectivity index (χ2n) is 6.64. The van der Waals surface area contributed by atoms with Crippen molar-refractivity contribution in [1.82, 2.24) is 4.90 Å². The molecule has 1 aliphatic rings. The fourth-order valence-electron chi connectivity index (χ4n) is 2.99. The molecule has 0 bridgehead atoms. The molecule has 3 rings (SSSR count). The summed E-state index contributed by atoms with van der Waals surface area (Å²) in [5, 5.41) is 0. The van der Waals surface area contributed by atoms with E-state index in [1.54, 1.807) is 4.90 Å². The predicted octanol–water partition coefficient (Wildman–Crippen LogP) is 2.59. The number of thiol groups is 1. The number of hydrogen-bond acceptors (Lipinski definition) is 4. The molecule has 0 N–H and O–H groups in total. The number of benzene rings is 2. The van der Waals surface area contributed by atoms with Gasteiger partial charge in [0.15, 0.2) is 6.61 Å². The molecule has 0 fully saturated rings. The molecule has 0 aliphatic carbocycles. The minimum absolute atomic E-state index is 0.0188.